The van der Waals surface area contributed by atoms with Crippen LogP contribution >= 0.6 is 0 Å². The predicted octanol–water partition coefficient (Wildman–Crippen LogP) is 2.96. The highest BCUT2D eigenvalue weighted by Crippen LogP contribution is 2.24. The van der Waals surface area contributed by atoms with E-state index >= 15 is 0 Å². The zero-order valence-corrected chi connectivity index (χ0v) is 16.1. The van der Waals surface area contributed by atoms with E-state index in [4.69, 9.17) is 4.52 Å². The molecule has 0 spiro atoms. The smallest absolute Gasteiger partial charge is 0.255 e. The molecule has 2 aromatic heterocycles. The van der Waals surface area contributed by atoms with Gasteiger partial charge in [0, 0.05) is 44.1 Å². The van der Waals surface area contributed by atoms with Crippen LogP contribution in [0.4, 0.5) is 0 Å². The Labute approximate surface area is 164 Å². The Balaban J connectivity index is 1.38. The largest absolute Gasteiger partial charge is 0.337 e. The van der Waals surface area contributed by atoms with Gasteiger partial charge in [0.1, 0.15) is 0 Å². The lowest BCUT2D eigenvalue weighted by Gasteiger charge is -2.36. The van der Waals surface area contributed by atoms with Gasteiger partial charge in [-0.05, 0) is 26.0 Å². The van der Waals surface area contributed by atoms with Crippen LogP contribution in [-0.4, -0.2) is 57.0 Å². The molecule has 3 heterocycles. The minimum atomic E-state index is 0.00217. The van der Waals surface area contributed by atoms with Crippen molar-refractivity contribution < 1.29 is 9.32 Å². The molecule has 0 N–H and O–H groups in total. The van der Waals surface area contributed by atoms with Gasteiger partial charge >= 0.3 is 0 Å². The maximum Gasteiger partial charge on any atom is 0.255 e. The number of carbonyl (C=O) groups is 1. The van der Waals surface area contributed by atoms with Crippen LogP contribution in [0, 0.1) is 6.92 Å². The van der Waals surface area contributed by atoms with Gasteiger partial charge in [-0.1, -0.05) is 35.0 Å². The standard InChI is InChI=1S/C21H23N5O2/c1-15-5-7-17(8-6-15)19-23-20(28-24-19)16(2)25-10-12-26(13-11-25)21(27)18-4-3-9-22-14-18/h3-9,14,16H,10-13H2,1-2H3. The van der Waals surface area contributed by atoms with E-state index in [2.05, 4.69) is 26.9 Å². The van der Waals surface area contributed by atoms with Crippen molar-refractivity contribution in [1.29, 1.82) is 0 Å². The number of hydrogen-bond donors (Lipinski definition) is 0. The number of carbonyl (C=O) groups excluding carboxylic acids is 1. The van der Waals surface area contributed by atoms with Crippen LogP contribution < -0.4 is 0 Å². The Morgan fingerprint density at radius 2 is 1.86 bits per heavy atom. The third kappa shape index (κ3) is 3.80. The van der Waals surface area contributed by atoms with Crippen LogP contribution in [0.5, 0.6) is 0 Å². The molecule has 4 rings (SSSR count). The Morgan fingerprint density at radius 3 is 2.54 bits per heavy atom. The molecule has 1 atom stereocenters. The zero-order chi connectivity index (χ0) is 19.5. The molecule has 1 aromatic carbocycles. The third-order valence-corrected chi connectivity index (χ3v) is 5.17. The highest BCUT2D eigenvalue weighted by Gasteiger charge is 2.28. The van der Waals surface area contributed by atoms with Crippen molar-refractivity contribution in [2.45, 2.75) is 19.9 Å². The third-order valence-electron chi connectivity index (χ3n) is 5.17. The molecule has 3 aromatic rings. The Bertz CT molecular complexity index is 931. The van der Waals surface area contributed by atoms with Crippen molar-refractivity contribution in [3.8, 4) is 11.4 Å². The highest BCUT2D eigenvalue weighted by atomic mass is 16.5. The number of hydrogen-bond acceptors (Lipinski definition) is 6. The quantitative estimate of drug-likeness (QED) is 0.696. The number of pyridine rings is 1. The highest BCUT2D eigenvalue weighted by molar-refractivity contribution is 5.93. The van der Waals surface area contributed by atoms with Crippen LogP contribution in [0.25, 0.3) is 11.4 Å². The van der Waals surface area contributed by atoms with E-state index in [0.29, 0.717) is 30.4 Å². The second kappa shape index (κ2) is 7.90. The fourth-order valence-corrected chi connectivity index (χ4v) is 3.37. The first kappa shape index (κ1) is 18.3. The summed E-state index contributed by atoms with van der Waals surface area (Å²) in [5.41, 5.74) is 2.77. The van der Waals surface area contributed by atoms with Crippen LogP contribution in [0.1, 0.15) is 34.8 Å². The summed E-state index contributed by atoms with van der Waals surface area (Å²) in [6.07, 6.45) is 3.29. The fraction of sp³-hybridized carbons (Fsp3) is 0.333. The summed E-state index contributed by atoms with van der Waals surface area (Å²) in [5.74, 6) is 1.23. The number of rotatable bonds is 4. The predicted molar refractivity (Wildman–Crippen MR) is 105 cm³/mol. The summed E-state index contributed by atoms with van der Waals surface area (Å²) in [5, 5.41) is 4.13. The van der Waals surface area contributed by atoms with Gasteiger partial charge in [0.2, 0.25) is 11.7 Å². The van der Waals surface area contributed by atoms with E-state index in [-0.39, 0.29) is 11.9 Å². The van der Waals surface area contributed by atoms with Crippen molar-refractivity contribution in [3.63, 3.8) is 0 Å². The first-order chi connectivity index (χ1) is 13.6. The Kier molecular flexibility index (Phi) is 5.16. The van der Waals surface area contributed by atoms with Crippen LogP contribution in [0.3, 0.4) is 0 Å². The number of piperazine rings is 1. The van der Waals surface area contributed by atoms with Gasteiger partial charge in [0.15, 0.2) is 0 Å². The molecule has 0 saturated carbocycles. The molecule has 7 heteroatoms. The molecule has 1 fully saturated rings. The maximum absolute atomic E-state index is 12.6. The van der Waals surface area contributed by atoms with Gasteiger partial charge < -0.3 is 9.42 Å². The summed E-state index contributed by atoms with van der Waals surface area (Å²) in [4.78, 5) is 25.3. The van der Waals surface area contributed by atoms with Crippen LogP contribution in [0.2, 0.25) is 0 Å². The summed E-state index contributed by atoms with van der Waals surface area (Å²) in [6.45, 7) is 6.95. The van der Waals surface area contributed by atoms with Gasteiger partial charge in [-0.3, -0.25) is 14.7 Å². The molecule has 1 unspecified atom stereocenters. The minimum Gasteiger partial charge on any atom is -0.337 e. The van der Waals surface area contributed by atoms with Crippen molar-refractivity contribution in [2.24, 2.45) is 0 Å². The van der Waals surface area contributed by atoms with E-state index in [1.807, 2.05) is 36.1 Å². The zero-order valence-electron chi connectivity index (χ0n) is 16.1. The average molecular weight is 377 g/mol. The molecule has 7 nitrogen and oxygen atoms in total. The monoisotopic (exact) mass is 377 g/mol. The Hall–Kier alpha value is -3.06. The van der Waals surface area contributed by atoms with Crippen molar-refractivity contribution in [1.82, 2.24) is 24.9 Å². The van der Waals surface area contributed by atoms with Crippen molar-refractivity contribution in [2.75, 3.05) is 26.2 Å². The number of aryl methyl sites for hydroxylation is 1. The van der Waals surface area contributed by atoms with E-state index < -0.39 is 0 Å². The number of aromatic nitrogens is 3. The number of amides is 1. The van der Waals surface area contributed by atoms with Crippen LogP contribution in [-0.2, 0) is 0 Å². The second-order valence-corrected chi connectivity index (χ2v) is 7.07. The fourth-order valence-electron chi connectivity index (χ4n) is 3.37. The summed E-state index contributed by atoms with van der Waals surface area (Å²) in [7, 11) is 0. The van der Waals surface area contributed by atoms with E-state index in [1.54, 1.807) is 24.5 Å². The second-order valence-electron chi connectivity index (χ2n) is 7.07. The molecular weight excluding hydrogens is 354 g/mol. The van der Waals surface area contributed by atoms with Gasteiger partial charge in [0.25, 0.3) is 5.91 Å². The molecule has 1 amide bonds. The minimum absolute atomic E-state index is 0.00217. The van der Waals surface area contributed by atoms with E-state index in [9.17, 15) is 4.79 Å². The summed E-state index contributed by atoms with van der Waals surface area (Å²) in [6, 6.07) is 11.7. The first-order valence-corrected chi connectivity index (χ1v) is 9.46. The van der Waals surface area contributed by atoms with Crippen LogP contribution in [0.15, 0.2) is 53.3 Å². The maximum atomic E-state index is 12.6. The van der Waals surface area contributed by atoms with Crippen molar-refractivity contribution >= 4 is 5.91 Å². The van der Waals surface area contributed by atoms with Gasteiger partial charge in [-0.2, -0.15) is 4.98 Å². The molecule has 144 valence electrons. The molecule has 1 aliphatic heterocycles. The molecule has 1 aliphatic rings. The SMILES string of the molecule is Cc1ccc(-c2noc(C(C)N3CCN(C(=O)c4cccnc4)CC3)n2)cc1. The summed E-state index contributed by atoms with van der Waals surface area (Å²) >= 11 is 0. The lowest BCUT2D eigenvalue weighted by atomic mass is 10.1. The lowest BCUT2D eigenvalue weighted by Crippen LogP contribution is -2.49. The molecule has 0 bridgehead atoms. The van der Waals surface area contributed by atoms with E-state index in [0.717, 1.165) is 18.7 Å². The van der Waals surface area contributed by atoms with Gasteiger partial charge in [-0.25, -0.2) is 0 Å². The molecule has 1 saturated heterocycles. The van der Waals surface area contributed by atoms with Crippen molar-refractivity contribution in [3.05, 3.63) is 65.8 Å². The number of benzene rings is 1. The Morgan fingerprint density at radius 1 is 1.11 bits per heavy atom. The lowest BCUT2D eigenvalue weighted by molar-refractivity contribution is 0.0551. The van der Waals surface area contributed by atoms with Gasteiger partial charge in [0.05, 0.1) is 11.6 Å². The summed E-state index contributed by atoms with van der Waals surface area (Å²) < 4.78 is 5.52. The first-order valence-electron chi connectivity index (χ1n) is 9.46. The number of nitrogens with zero attached hydrogens (tertiary/aromatic N) is 5. The average Bonchev–Trinajstić information content (AvgIpc) is 3.24. The normalized spacial score (nSPS) is 16.1. The molecular formula is C21H23N5O2. The topological polar surface area (TPSA) is 75.4 Å². The molecule has 0 aliphatic carbocycles. The molecule has 0 radical (unpaired) electrons. The molecule has 28 heavy (non-hydrogen) atoms. The van der Waals surface area contributed by atoms with Gasteiger partial charge in [-0.15, -0.1) is 0 Å². The van der Waals surface area contributed by atoms with E-state index in [1.165, 1.54) is 5.56 Å².